The summed E-state index contributed by atoms with van der Waals surface area (Å²) >= 11 is 1.64. The first kappa shape index (κ1) is 13.7. The van der Waals surface area contributed by atoms with Gasteiger partial charge in [-0.15, -0.1) is 11.8 Å². The van der Waals surface area contributed by atoms with Crippen LogP contribution in [-0.2, 0) is 0 Å². The Morgan fingerprint density at radius 1 is 1.16 bits per heavy atom. The highest BCUT2D eigenvalue weighted by Gasteiger charge is 2.07. The lowest BCUT2D eigenvalue weighted by Crippen LogP contribution is -1.96. The van der Waals surface area contributed by atoms with Crippen molar-refractivity contribution in [2.24, 2.45) is 0 Å². The van der Waals surface area contributed by atoms with Crippen LogP contribution in [0.5, 0.6) is 11.5 Å². The molecule has 2 aromatic rings. The second-order valence-electron chi connectivity index (χ2n) is 4.06. The van der Waals surface area contributed by atoms with Crippen LogP contribution in [0.15, 0.2) is 53.4 Å². The Morgan fingerprint density at radius 2 is 1.95 bits per heavy atom. The zero-order chi connectivity index (χ0) is 13.7. The Balaban J connectivity index is 2.26. The van der Waals surface area contributed by atoms with Crippen molar-refractivity contribution < 1.29 is 9.53 Å². The predicted octanol–water partition coefficient (Wildman–Crippen LogP) is 4.79. The fourth-order valence-corrected chi connectivity index (χ4v) is 2.29. The van der Waals surface area contributed by atoms with Gasteiger partial charge in [0.05, 0.1) is 0 Å². The minimum Gasteiger partial charge on any atom is -0.456 e. The molecule has 0 N–H and O–H groups in total. The van der Waals surface area contributed by atoms with Crippen LogP contribution in [0.2, 0.25) is 0 Å². The first-order chi connectivity index (χ1) is 9.24. The highest BCUT2D eigenvalue weighted by molar-refractivity contribution is 7.98. The van der Waals surface area contributed by atoms with E-state index in [4.69, 9.17) is 4.74 Å². The van der Waals surface area contributed by atoms with Gasteiger partial charge in [0.15, 0.2) is 5.78 Å². The van der Waals surface area contributed by atoms with Gasteiger partial charge in [-0.25, -0.2) is 0 Å². The summed E-state index contributed by atoms with van der Waals surface area (Å²) in [5, 5.41) is 0. The van der Waals surface area contributed by atoms with Gasteiger partial charge < -0.3 is 4.74 Å². The number of ether oxygens (including phenoxy) is 1. The lowest BCUT2D eigenvalue weighted by molar-refractivity contribution is 0.0988. The topological polar surface area (TPSA) is 26.3 Å². The molecule has 19 heavy (non-hydrogen) atoms. The van der Waals surface area contributed by atoms with E-state index >= 15 is 0 Å². The van der Waals surface area contributed by atoms with Crippen LogP contribution >= 0.6 is 11.8 Å². The van der Waals surface area contributed by atoms with E-state index in [1.807, 2.05) is 55.6 Å². The van der Waals surface area contributed by atoms with Crippen LogP contribution in [0.4, 0.5) is 0 Å². The zero-order valence-electron chi connectivity index (χ0n) is 11.1. The van der Waals surface area contributed by atoms with E-state index in [1.54, 1.807) is 17.8 Å². The number of thioether (sulfide) groups is 1. The van der Waals surface area contributed by atoms with Crippen LogP contribution < -0.4 is 4.74 Å². The van der Waals surface area contributed by atoms with Crippen LogP contribution in [0.3, 0.4) is 0 Å². The lowest BCUT2D eigenvalue weighted by atomic mass is 10.1. The monoisotopic (exact) mass is 272 g/mol. The molecule has 0 fully saturated rings. The molecule has 0 radical (unpaired) electrons. The predicted molar refractivity (Wildman–Crippen MR) is 79.4 cm³/mol. The van der Waals surface area contributed by atoms with Gasteiger partial charge in [-0.1, -0.05) is 31.2 Å². The second kappa shape index (κ2) is 6.43. The van der Waals surface area contributed by atoms with Gasteiger partial charge >= 0.3 is 0 Å². The Kier molecular flexibility index (Phi) is 4.63. The SMILES string of the molecule is CCC(=O)c1cccc(Oc2ccccc2SC)c1. The van der Waals surface area contributed by atoms with Gasteiger partial charge in [-0.3, -0.25) is 4.79 Å². The molecule has 0 spiro atoms. The average molecular weight is 272 g/mol. The fourth-order valence-electron chi connectivity index (χ4n) is 1.77. The molecule has 98 valence electrons. The fraction of sp³-hybridized carbons (Fsp3) is 0.188. The number of carbonyl (C=O) groups is 1. The molecule has 0 aliphatic carbocycles. The second-order valence-corrected chi connectivity index (χ2v) is 4.91. The molecule has 2 rings (SSSR count). The Bertz CT molecular complexity index is 578. The van der Waals surface area contributed by atoms with Crippen molar-refractivity contribution in [2.45, 2.75) is 18.2 Å². The van der Waals surface area contributed by atoms with Crippen molar-refractivity contribution in [3.05, 3.63) is 54.1 Å². The van der Waals surface area contributed by atoms with Gasteiger partial charge in [0, 0.05) is 16.9 Å². The highest BCUT2D eigenvalue weighted by atomic mass is 32.2. The maximum atomic E-state index is 11.7. The lowest BCUT2D eigenvalue weighted by Gasteiger charge is -2.10. The Hall–Kier alpha value is -1.74. The standard InChI is InChI=1S/C16H16O2S/c1-3-14(17)12-7-6-8-13(11-12)18-15-9-4-5-10-16(15)19-2/h4-11H,3H2,1-2H3. The highest BCUT2D eigenvalue weighted by Crippen LogP contribution is 2.31. The van der Waals surface area contributed by atoms with Gasteiger partial charge in [-0.2, -0.15) is 0 Å². The summed E-state index contributed by atoms with van der Waals surface area (Å²) in [5.74, 6) is 1.64. The molecule has 0 aromatic heterocycles. The smallest absolute Gasteiger partial charge is 0.162 e. The molecule has 0 heterocycles. The van der Waals surface area contributed by atoms with E-state index in [-0.39, 0.29) is 5.78 Å². The molecule has 0 unspecified atom stereocenters. The average Bonchev–Trinajstić information content (AvgIpc) is 2.47. The van der Waals surface area contributed by atoms with Crippen molar-refractivity contribution in [1.82, 2.24) is 0 Å². The number of para-hydroxylation sites is 1. The number of Topliss-reactive ketones (excluding diaryl/α,β-unsaturated/α-hetero) is 1. The van der Waals surface area contributed by atoms with Crippen LogP contribution in [-0.4, -0.2) is 12.0 Å². The van der Waals surface area contributed by atoms with Crippen LogP contribution in [0, 0.1) is 0 Å². The molecule has 0 aliphatic heterocycles. The number of carbonyl (C=O) groups excluding carboxylic acids is 1. The molecule has 0 bridgehead atoms. The first-order valence-corrected chi connectivity index (χ1v) is 7.41. The van der Waals surface area contributed by atoms with Crippen LogP contribution in [0.25, 0.3) is 0 Å². The molecular formula is C16H16O2S. The van der Waals surface area contributed by atoms with Crippen molar-refractivity contribution in [1.29, 1.82) is 0 Å². The molecule has 2 aromatic carbocycles. The largest absolute Gasteiger partial charge is 0.456 e. The van der Waals surface area contributed by atoms with Crippen molar-refractivity contribution >= 4 is 17.5 Å². The van der Waals surface area contributed by atoms with E-state index in [0.29, 0.717) is 17.7 Å². The van der Waals surface area contributed by atoms with Gasteiger partial charge in [-0.05, 0) is 30.5 Å². The van der Waals surface area contributed by atoms with Gasteiger partial charge in [0.25, 0.3) is 0 Å². The van der Waals surface area contributed by atoms with Crippen molar-refractivity contribution in [3.63, 3.8) is 0 Å². The van der Waals surface area contributed by atoms with Gasteiger partial charge in [0.1, 0.15) is 11.5 Å². The van der Waals surface area contributed by atoms with Crippen molar-refractivity contribution in [3.8, 4) is 11.5 Å². The summed E-state index contributed by atoms with van der Waals surface area (Å²) < 4.78 is 5.86. The maximum absolute atomic E-state index is 11.7. The first-order valence-electron chi connectivity index (χ1n) is 6.18. The number of hydrogen-bond acceptors (Lipinski definition) is 3. The maximum Gasteiger partial charge on any atom is 0.162 e. The molecule has 0 aliphatic rings. The van der Waals surface area contributed by atoms with Gasteiger partial charge in [0.2, 0.25) is 0 Å². The summed E-state index contributed by atoms with van der Waals surface area (Å²) in [7, 11) is 0. The molecule has 2 nitrogen and oxygen atoms in total. The number of ketones is 1. The molecule has 3 heteroatoms. The Labute approximate surface area is 117 Å². The van der Waals surface area contributed by atoms with E-state index in [1.165, 1.54) is 0 Å². The molecular weight excluding hydrogens is 256 g/mol. The normalized spacial score (nSPS) is 10.2. The van der Waals surface area contributed by atoms with E-state index in [2.05, 4.69) is 0 Å². The van der Waals surface area contributed by atoms with Crippen LogP contribution in [0.1, 0.15) is 23.7 Å². The quantitative estimate of drug-likeness (QED) is 0.578. The third kappa shape index (κ3) is 3.38. The van der Waals surface area contributed by atoms with E-state index < -0.39 is 0 Å². The molecule has 0 atom stereocenters. The van der Waals surface area contributed by atoms with Crippen molar-refractivity contribution in [2.75, 3.05) is 6.26 Å². The number of rotatable bonds is 5. The Morgan fingerprint density at radius 3 is 2.68 bits per heavy atom. The number of benzene rings is 2. The molecule has 0 saturated carbocycles. The minimum absolute atomic E-state index is 0.128. The third-order valence-corrected chi connectivity index (χ3v) is 3.55. The van der Waals surface area contributed by atoms with E-state index in [9.17, 15) is 4.79 Å². The zero-order valence-corrected chi connectivity index (χ0v) is 11.9. The minimum atomic E-state index is 0.128. The molecule has 0 saturated heterocycles. The third-order valence-electron chi connectivity index (χ3n) is 2.77. The summed E-state index contributed by atoms with van der Waals surface area (Å²) in [4.78, 5) is 12.8. The summed E-state index contributed by atoms with van der Waals surface area (Å²) in [6.07, 6.45) is 2.52. The van der Waals surface area contributed by atoms with E-state index in [0.717, 1.165) is 10.6 Å². The number of hydrogen-bond donors (Lipinski definition) is 0. The molecule has 0 amide bonds. The summed E-state index contributed by atoms with van der Waals surface area (Å²) in [6.45, 7) is 1.86. The summed E-state index contributed by atoms with van der Waals surface area (Å²) in [6, 6.07) is 15.2. The summed E-state index contributed by atoms with van der Waals surface area (Å²) in [5.41, 5.74) is 0.696.